The van der Waals surface area contributed by atoms with Crippen LogP contribution in [0.25, 0.3) is 0 Å². The highest BCUT2D eigenvalue weighted by molar-refractivity contribution is 6.29. The molecular formula is C38H36F6N2O5. The quantitative estimate of drug-likeness (QED) is 0.144. The van der Waals surface area contributed by atoms with Crippen molar-refractivity contribution >= 4 is 11.9 Å². The smallest absolute Gasteiger partial charge is 0.412 e. The summed E-state index contributed by atoms with van der Waals surface area (Å²) in [6.07, 6.45) is 1.90. The first-order chi connectivity index (χ1) is 24.0. The van der Waals surface area contributed by atoms with E-state index in [2.05, 4.69) is 0 Å². The average Bonchev–Trinajstić information content (AvgIpc) is 3.11. The molecule has 2 fully saturated rings. The van der Waals surface area contributed by atoms with E-state index in [9.17, 15) is 35.9 Å². The Hall–Kier alpha value is -4.72. The Morgan fingerprint density at radius 3 is 1.12 bits per heavy atom. The molecule has 270 valence electrons. The molecule has 0 saturated carbocycles. The Labute approximate surface area is 290 Å². The minimum Gasteiger partial charge on any atom is -0.412 e. The lowest BCUT2D eigenvalue weighted by atomic mass is 9.76. The molecule has 2 heterocycles. The number of piperidine rings is 2. The lowest BCUT2D eigenvalue weighted by Crippen LogP contribution is -2.42. The van der Waals surface area contributed by atoms with E-state index >= 15 is 0 Å². The third kappa shape index (κ3) is 8.96. The number of hydrogen-bond donors (Lipinski definition) is 0. The summed E-state index contributed by atoms with van der Waals surface area (Å²) in [6.45, 7) is 1.02. The lowest BCUT2D eigenvalue weighted by molar-refractivity contribution is -0.223. The number of carbonyl (C=O) groups excluding carboxylic acids is 2. The molecule has 0 spiro atoms. The maximum atomic E-state index is 14.2. The summed E-state index contributed by atoms with van der Waals surface area (Å²) in [7, 11) is 0. The van der Waals surface area contributed by atoms with E-state index in [-0.39, 0.29) is 55.3 Å². The summed E-state index contributed by atoms with van der Waals surface area (Å²) in [5.41, 5.74) is 2.53. The minimum atomic E-state index is -1.20. The summed E-state index contributed by atoms with van der Waals surface area (Å²) in [5, 5.41) is 2.71. The van der Waals surface area contributed by atoms with Gasteiger partial charge in [-0.1, -0.05) is 36.4 Å². The van der Waals surface area contributed by atoms with Crippen molar-refractivity contribution in [1.29, 1.82) is 0 Å². The average molecular weight is 715 g/mol. The Bertz CT molecular complexity index is 1680. The molecule has 7 nitrogen and oxygen atoms in total. The van der Waals surface area contributed by atoms with Crippen molar-refractivity contribution in [3.63, 3.8) is 0 Å². The third-order valence-electron chi connectivity index (χ3n) is 9.59. The summed E-state index contributed by atoms with van der Waals surface area (Å²) >= 11 is 0. The van der Waals surface area contributed by atoms with Gasteiger partial charge in [0.25, 0.3) is 0 Å². The Balaban J connectivity index is 0.00000504. The van der Waals surface area contributed by atoms with Gasteiger partial charge in [0, 0.05) is 38.0 Å². The Morgan fingerprint density at radius 2 is 0.804 bits per heavy atom. The number of benzene rings is 4. The molecule has 2 atom stereocenters. The van der Waals surface area contributed by atoms with E-state index in [1.54, 1.807) is 24.3 Å². The fourth-order valence-electron chi connectivity index (χ4n) is 7.14. The van der Waals surface area contributed by atoms with E-state index in [4.69, 9.17) is 9.68 Å². The van der Waals surface area contributed by atoms with Crippen LogP contribution in [0.4, 0.5) is 26.3 Å². The molecule has 0 aromatic heterocycles. The molecule has 2 aliphatic heterocycles. The number of nitrogens with zero attached hydrogens (tertiary/aromatic N) is 2. The van der Waals surface area contributed by atoms with Crippen LogP contribution in [0, 0.1) is 46.7 Å². The SMILES string of the molecule is O.O=C(ON1CCC(C(c2ccc(F)cc2)c2ccc(F)c(F)c2)CC1)C(=O)ON1CCC(C(c2ccc(F)cc2)c2ccc(F)c(F)c2)CC1. The zero-order chi connectivity index (χ0) is 35.4. The van der Waals surface area contributed by atoms with Crippen molar-refractivity contribution < 1.29 is 51.1 Å². The highest BCUT2D eigenvalue weighted by atomic mass is 19.2. The van der Waals surface area contributed by atoms with Crippen LogP contribution in [-0.4, -0.2) is 53.7 Å². The van der Waals surface area contributed by atoms with E-state index in [0.29, 0.717) is 36.8 Å². The van der Waals surface area contributed by atoms with Gasteiger partial charge in [0.2, 0.25) is 0 Å². The fourth-order valence-corrected chi connectivity index (χ4v) is 7.14. The molecule has 13 heteroatoms. The predicted octanol–water partition coefficient (Wildman–Crippen LogP) is 7.00. The summed E-state index contributed by atoms with van der Waals surface area (Å²) in [6, 6.07) is 19.1. The number of hydrogen-bond acceptors (Lipinski definition) is 6. The Kier molecular flexibility index (Phi) is 12.2. The van der Waals surface area contributed by atoms with Gasteiger partial charge in [0.15, 0.2) is 23.3 Å². The monoisotopic (exact) mass is 714 g/mol. The van der Waals surface area contributed by atoms with Crippen LogP contribution in [0.2, 0.25) is 0 Å². The van der Waals surface area contributed by atoms with Crippen molar-refractivity contribution in [1.82, 2.24) is 10.1 Å². The largest absolute Gasteiger partial charge is 0.438 e. The molecule has 2 saturated heterocycles. The van der Waals surface area contributed by atoms with Gasteiger partial charge in [0.05, 0.1) is 0 Å². The maximum Gasteiger partial charge on any atom is 0.438 e. The van der Waals surface area contributed by atoms with Gasteiger partial charge in [-0.2, -0.15) is 0 Å². The minimum absolute atomic E-state index is 0. The van der Waals surface area contributed by atoms with Crippen molar-refractivity contribution in [3.8, 4) is 0 Å². The second-order valence-corrected chi connectivity index (χ2v) is 12.7. The number of carbonyl (C=O) groups is 2. The highest BCUT2D eigenvalue weighted by Crippen LogP contribution is 2.40. The topological polar surface area (TPSA) is 90.6 Å². The third-order valence-corrected chi connectivity index (χ3v) is 9.59. The van der Waals surface area contributed by atoms with Crippen LogP contribution >= 0.6 is 0 Å². The zero-order valence-electron chi connectivity index (χ0n) is 27.3. The maximum absolute atomic E-state index is 14.2. The van der Waals surface area contributed by atoms with Crippen LogP contribution < -0.4 is 0 Å². The number of hydroxylamine groups is 4. The van der Waals surface area contributed by atoms with Crippen LogP contribution in [-0.2, 0) is 19.3 Å². The van der Waals surface area contributed by atoms with Gasteiger partial charge in [-0.15, -0.1) is 10.1 Å². The molecule has 6 rings (SSSR count). The van der Waals surface area contributed by atoms with Crippen molar-refractivity contribution in [3.05, 3.63) is 142 Å². The van der Waals surface area contributed by atoms with Gasteiger partial charge < -0.3 is 15.2 Å². The van der Waals surface area contributed by atoms with Gasteiger partial charge in [0.1, 0.15) is 11.6 Å². The Morgan fingerprint density at radius 1 is 0.490 bits per heavy atom. The van der Waals surface area contributed by atoms with Gasteiger partial charge >= 0.3 is 11.9 Å². The fraction of sp³-hybridized carbons (Fsp3) is 0.316. The first-order valence-corrected chi connectivity index (χ1v) is 16.4. The first-order valence-electron chi connectivity index (χ1n) is 16.4. The van der Waals surface area contributed by atoms with Crippen molar-refractivity contribution in [2.24, 2.45) is 11.8 Å². The van der Waals surface area contributed by atoms with Crippen LogP contribution in [0.15, 0.2) is 84.9 Å². The molecule has 2 aliphatic rings. The molecule has 0 amide bonds. The van der Waals surface area contributed by atoms with Crippen LogP contribution in [0.1, 0.15) is 59.8 Å². The molecule has 2 unspecified atom stereocenters. The molecule has 0 aliphatic carbocycles. The van der Waals surface area contributed by atoms with E-state index in [0.717, 1.165) is 35.4 Å². The first kappa shape index (κ1) is 37.5. The standard InChI is InChI=1S/C38H34F6N2O4.H2O/c39-29-7-1-23(2-8-29)35(27-5-11-31(41)33(43)21-27)25-13-17-45(18-14-25)49-37(47)38(48)50-46-19-15-26(16-20-46)36(24-3-9-30(40)10-4-24)28-6-12-32(42)34(44)22-28;/h1-12,21-22,25-26,35-36H,13-20H2;1H2. The summed E-state index contributed by atoms with van der Waals surface area (Å²) in [4.78, 5) is 36.1. The predicted molar refractivity (Wildman–Crippen MR) is 174 cm³/mol. The summed E-state index contributed by atoms with van der Waals surface area (Å²) < 4.78 is 83.1. The molecule has 0 bridgehead atoms. The van der Waals surface area contributed by atoms with E-state index in [1.807, 2.05) is 0 Å². The van der Waals surface area contributed by atoms with Gasteiger partial charge in [-0.3, -0.25) is 0 Å². The molecule has 2 N–H and O–H groups in total. The molecule has 0 radical (unpaired) electrons. The molecular weight excluding hydrogens is 678 g/mol. The van der Waals surface area contributed by atoms with Crippen molar-refractivity contribution in [2.75, 3.05) is 26.2 Å². The van der Waals surface area contributed by atoms with E-state index in [1.165, 1.54) is 46.5 Å². The molecule has 4 aromatic rings. The normalized spacial score (nSPS) is 17.3. The van der Waals surface area contributed by atoms with Gasteiger partial charge in [-0.25, -0.2) is 35.9 Å². The van der Waals surface area contributed by atoms with Crippen molar-refractivity contribution in [2.45, 2.75) is 37.5 Å². The van der Waals surface area contributed by atoms with Crippen LogP contribution in [0.5, 0.6) is 0 Å². The van der Waals surface area contributed by atoms with Gasteiger partial charge in [-0.05, 0) is 108 Å². The highest BCUT2D eigenvalue weighted by Gasteiger charge is 2.35. The van der Waals surface area contributed by atoms with E-state index < -0.39 is 46.8 Å². The second-order valence-electron chi connectivity index (χ2n) is 12.7. The number of rotatable bonds is 8. The summed E-state index contributed by atoms with van der Waals surface area (Å²) in [5.74, 6) is -8.09. The second kappa shape index (κ2) is 16.5. The van der Waals surface area contributed by atoms with Crippen LogP contribution in [0.3, 0.4) is 0 Å². The molecule has 51 heavy (non-hydrogen) atoms. The molecule has 4 aromatic carbocycles. The lowest BCUT2D eigenvalue weighted by Gasteiger charge is -2.36. The number of halogens is 6. The zero-order valence-corrected chi connectivity index (χ0v) is 27.3.